The maximum absolute atomic E-state index is 13.1. The van der Waals surface area contributed by atoms with Crippen molar-refractivity contribution in [1.82, 2.24) is 19.5 Å². The number of aromatic nitrogens is 4. The molecule has 1 unspecified atom stereocenters. The molecular formula is C21H16N4O4S. The Morgan fingerprint density at radius 2 is 2.17 bits per heavy atom. The fourth-order valence-electron chi connectivity index (χ4n) is 3.86. The number of thioether (sulfide) groups is 1. The van der Waals surface area contributed by atoms with Crippen LogP contribution in [-0.2, 0) is 4.79 Å². The highest BCUT2D eigenvalue weighted by Gasteiger charge is 2.39. The predicted octanol–water partition coefficient (Wildman–Crippen LogP) is 3.51. The second kappa shape index (κ2) is 6.60. The van der Waals surface area contributed by atoms with E-state index < -0.39 is 12.0 Å². The number of benzene rings is 1. The van der Waals surface area contributed by atoms with E-state index in [0.29, 0.717) is 23.1 Å². The fraction of sp³-hybridized carbons (Fsp3) is 0.238. The summed E-state index contributed by atoms with van der Waals surface area (Å²) in [6.45, 7) is 0. The number of imidazole rings is 1. The SMILES string of the molecule is O=C(Oc1ncc[nH]1)C1CSc2c(C3CC3)c(-c3nc4ccccc4o3)cc(=O)n21. The van der Waals surface area contributed by atoms with Gasteiger partial charge in [0.05, 0.1) is 5.03 Å². The van der Waals surface area contributed by atoms with Crippen LogP contribution in [0.15, 0.2) is 57.0 Å². The molecule has 2 aliphatic rings. The lowest BCUT2D eigenvalue weighted by Gasteiger charge is -2.15. The van der Waals surface area contributed by atoms with Crippen LogP contribution in [0.1, 0.15) is 30.4 Å². The maximum atomic E-state index is 13.1. The Morgan fingerprint density at radius 3 is 2.93 bits per heavy atom. The van der Waals surface area contributed by atoms with Crippen LogP contribution in [0.4, 0.5) is 0 Å². The Bertz CT molecular complexity index is 1300. The molecule has 1 aliphatic carbocycles. The van der Waals surface area contributed by atoms with Gasteiger partial charge in [-0.15, -0.1) is 11.8 Å². The maximum Gasteiger partial charge on any atom is 0.337 e. The van der Waals surface area contributed by atoms with Gasteiger partial charge in [0, 0.05) is 29.8 Å². The Morgan fingerprint density at radius 1 is 1.30 bits per heavy atom. The molecule has 30 heavy (non-hydrogen) atoms. The minimum Gasteiger partial charge on any atom is -0.436 e. The lowest BCUT2D eigenvalue weighted by Crippen LogP contribution is -2.32. The zero-order valence-electron chi connectivity index (χ0n) is 15.7. The van der Waals surface area contributed by atoms with Crippen LogP contribution < -0.4 is 10.3 Å². The van der Waals surface area contributed by atoms with Crippen LogP contribution in [0.5, 0.6) is 6.01 Å². The van der Waals surface area contributed by atoms with Gasteiger partial charge in [-0.2, -0.15) is 0 Å². The standard InChI is InChI=1S/C21H16N4O4S/c26-16-9-12(18-24-13-3-1-2-4-15(13)28-18)17(11-5-6-11)19-25(16)14(10-30-19)20(27)29-21-22-7-8-23-21/h1-4,7-9,11,14H,5-6,10H2,(H,22,23). The summed E-state index contributed by atoms with van der Waals surface area (Å²) in [7, 11) is 0. The Balaban J connectivity index is 1.46. The van der Waals surface area contributed by atoms with Crippen LogP contribution >= 0.6 is 11.8 Å². The summed E-state index contributed by atoms with van der Waals surface area (Å²) in [5.74, 6) is 0.714. The molecule has 0 saturated heterocycles. The normalized spacial score (nSPS) is 17.9. The number of carbonyl (C=O) groups is 1. The highest BCUT2D eigenvalue weighted by atomic mass is 32.2. The largest absolute Gasteiger partial charge is 0.436 e. The molecule has 8 nitrogen and oxygen atoms in total. The number of oxazole rings is 1. The molecule has 1 aliphatic heterocycles. The van der Waals surface area contributed by atoms with Crippen molar-refractivity contribution in [3.05, 3.63) is 58.6 Å². The summed E-state index contributed by atoms with van der Waals surface area (Å²) in [5.41, 5.74) is 2.93. The van der Waals surface area contributed by atoms with Gasteiger partial charge in [0.15, 0.2) is 5.58 Å². The average Bonchev–Trinajstić information content (AvgIpc) is 3.14. The van der Waals surface area contributed by atoms with E-state index in [0.717, 1.165) is 34.5 Å². The molecule has 4 aromatic rings. The lowest BCUT2D eigenvalue weighted by molar-refractivity contribution is -0.138. The quantitative estimate of drug-likeness (QED) is 0.504. The molecule has 9 heteroatoms. The summed E-state index contributed by atoms with van der Waals surface area (Å²) in [6, 6.07) is 8.50. The van der Waals surface area contributed by atoms with Gasteiger partial charge in [-0.3, -0.25) is 9.36 Å². The van der Waals surface area contributed by atoms with Crippen molar-refractivity contribution in [3.8, 4) is 17.5 Å². The Kier molecular flexibility index (Phi) is 3.85. The zero-order valence-corrected chi connectivity index (χ0v) is 16.5. The van der Waals surface area contributed by atoms with Gasteiger partial charge in [0.2, 0.25) is 5.89 Å². The van der Waals surface area contributed by atoms with Crippen LogP contribution in [0.3, 0.4) is 0 Å². The number of hydrogen-bond acceptors (Lipinski definition) is 7. The first-order chi connectivity index (χ1) is 14.7. The van der Waals surface area contributed by atoms with Crippen molar-refractivity contribution in [1.29, 1.82) is 0 Å². The van der Waals surface area contributed by atoms with E-state index in [-0.39, 0.29) is 11.6 Å². The number of ether oxygens (including phenoxy) is 1. The van der Waals surface area contributed by atoms with E-state index in [1.807, 2.05) is 24.3 Å². The third-order valence-electron chi connectivity index (χ3n) is 5.39. The molecule has 0 amide bonds. The lowest BCUT2D eigenvalue weighted by atomic mass is 10.1. The molecule has 0 bridgehead atoms. The number of carbonyl (C=O) groups excluding carboxylic acids is 1. The number of H-pyrrole nitrogens is 1. The van der Waals surface area contributed by atoms with Crippen LogP contribution in [-0.4, -0.2) is 31.2 Å². The van der Waals surface area contributed by atoms with Crippen molar-refractivity contribution in [2.75, 3.05) is 5.75 Å². The number of nitrogens with one attached hydrogen (secondary N) is 1. The summed E-state index contributed by atoms with van der Waals surface area (Å²) >= 11 is 1.50. The zero-order chi connectivity index (χ0) is 20.2. The van der Waals surface area contributed by atoms with Gasteiger partial charge in [0.25, 0.3) is 5.56 Å². The average molecular weight is 420 g/mol. The fourth-order valence-corrected chi connectivity index (χ4v) is 5.25. The smallest absolute Gasteiger partial charge is 0.337 e. The van der Waals surface area contributed by atoms with Gasteiger partial charge in [0.1, 0.15) is 11.6 Å². The first-order valence-electron chi connectivity index (χ1n) is 9.68. The van der Waals surface area contributed by atoms with Crippen LogP contribution in [0, 0.1) is 0 Å². The van der Waals surface area contributed by atoms with E-state index in [1.165, 1.54) is 18.0 Å². The predicted molar refractivity (Wildman–Crippen MR) is 110 cm³/mol. The number of para-hydroxylation sites is 2. The van der Waals surface area contributed by atoms with Crippen molar-refractivity contribution in [2.45, 2.75) is 29.8 Å². The molecule has 1 fully saturated rings. The number of aromatic amines is 1. The van der Waals surface area contributed by atoms with Crippen molar-refractivity contribution < 1.29 is 13.9 Å². The molecule has 1 atom stereocenters. The third-order valence-corrected chi connectivity index (χ3v) is 6.56. The Labute approximate surface area is 174 Å². The minimum atomic E-state index is -0.696. The molecule has 1 aromatic carbocycles. The summed E-state index contributed by atoms with van der Waals surface area (Å²) in [4.78, 5) is 37.1. The van der Waals surface area contributed by atoms with E-state index in [9.17, 15) is 9.59 Å². The van der Waals surface area contributed by atoms with Gasteiger partial charge in [-0.05, 0) is 36.5 Å². The second-order valence-corrected chi connectivity index (χ2v) is 8.40. The monoisotopic (exact) mass is 420 g/mol. The Hall–Kier alpha value is -3.33. The molecule has 0 radical (unpaired) electrons. The van der Waals surface area contributed by atoms with Crippen LogP contribution in [0.25, 0.3) is 22.6 Å². The third kappa shape index (κ3) is 2.77. The molecule has 3 aromatic heterocycles. The van der Waals surface area contributed by atoms with E-state index in [2.05, 4.69) is 15.0 Å². The highest BCUT2D eigenvalue weighted by Crippen LogP contribution is 2.50. The first kappa shape index (κ1) is 17.5. The molecule has 1 saturated carbocycles. The van der Waals surface area contributed by atoms with Crippen molar-refractivity contribution in [2.24, 2.45) is 0 Å². The van der Waals surface area contributed by atoms with E-state index in [4.69, 9.17) is 9.15 Å². The topological polar surface area (TPSA) is 103 Å². The van der Waals surface area contributed by atoms with Gasteiger partial charge < -0.3 is 14.1 Å². The minimum absolute atomic E-state index is 0.122. The molecule has 4 heterocycles. The van der Waals surface area contributed by atoms with Gasteiger partial charge >= 0.3 is 12.0 Å². The number of fused-ring (bicyclic) bond motifs is 2. The van der Waals surface area contributed by atoms with Crippen LogP contribution in [0.2, 0.25) is 0 Å². The van der Waals surface area contributed by atoms with Gasteiger partial charge in [-0.1, -0.05) is 12.1 Å². The first-order valence-corrected chi connectivity index (χ1v) is 10.7. The van der Waals surface area contributed by atoms with E-state index >= 15 is 0 Å². The van der Waals surface area contributed by atoms with Gasteiger partial charge in [-0.25, -0.2) is 14.8 Å². The highest BCUT2D eigenvalue weighted by molar-refractivity contribution is 7.99. The molecule has 6 rings (SSSR count). The second-order valence-electron chi connectivity index (χ2n) is 7.39. The number of hydrogen-bond donors (Lipinski definition) is 1. The molecule has 0 spiro atoms. The number of rotatable bonds is 4. The van der Waals surface area contributed by atoms with E-state index in [1.54, 1.807) is 16.8 Å². The number of esters is 1. The summed E-state index contributed by atoms with van der Waals surface area (Å²) < 4.78 is 12.8. The number of nitrogens with zero attached hydrogens (tertiary/aromatic N) is 3. The summed E-state index contributed by atoms with van der Waals surface area (Å²) in [5, 5.41) is 0.809. The van der Waals surface area contributed by atoms with Crippen molar-refractivity contribution >= 4 is 28.8 Å². The molecule has 150 valence electrons. The molecular weight excluding hydrogens is 404 g/mol. The van der Waals surface area contributed by atoms with Crippen molar-refractivity contribution in [3.63, 3.8) is 0 Å². The summed E-state index contributed by atoms with van der Waals surface area (Å²) in [6.07, 6.45) is 5.16. The molecule has 1 N–H and O–H groups in total. The number of pyridine rings is 1.